The van der Waals surface area contributed by atoms with E-state index >= 15 is 0 Å². The molecule has 2 heterocycles. The highest BCUT2D eigenvalue weighted by Gasteiger charge is 2.10. The Hall–Kier alpha value is -2.14. The Labute approximate surface area is 137 Å². The number of fused-ring (bicyclic) bond motifs is 1. The maximum Gasteiger partial charge on any atom is 0.0958 e. The average molecular weight is 311 g/mol. The molecule has 23 heavy (non-hydrogen) atoms. The van der Waals surface area contributed by atoms with E-state index in [1.807, 2.05) is 30.3 Å². The van der Waals surface area contributed by atoms with Crippen LogP contribution in [0.25, 0.3) is 11.0 Å². The highest BCUT2D eigenvalue weighted by molar-refractivity contribution is 5.74. The Morgan fingerprint density at radius 3 is 2.78 bits per heavy atom. The molecule has 0 aliphatic carbocycles. The molecule has 0 saturated carbocycles. The van der Waals surface area contributed by atoms with Crippen LogP contribution < -0.4 is 0 Å². The fraction of sp³-hybridized carbons (Fsp3) is 0.444. The summed E-state index contributed by atoms with van der Waals surface area (Å²) in [6.07, 6.45) is 6.00. The molecule has 5 heteroatoms. The zero-order valence-electron chi connectivity index (χ0n) is 14.2. The third-order valence-electron chi connectivity index (χ3n) is 3.97. The van der Waals surface area contributed by atoms with Crippen LogP contribution >= 0.6 is 0 Å². The molecule has 3 aromatic rings. The van der Waals surface area contributed by atoms with E-state index in [1.165, 1.54) is 11.1 Å². The van der Waals surface area contributed by atoms with Crippen molar-refractivity contribution in [1.82, 2.24) is 24.2 Å². The molecule has 2 aromatic heterocycles. The van der Waals surface area contributed by atoms with Crippen LogP contribution in [0.15, 0.2) is 43.0 Å². The lowest BCUT2D eigenvalue weighted by Gasteiger charge is -2.24. The first kappa shape index (κ1) is 15.7. The molecule has 0 N–H and O–H groups in total. The Bertz CT molecular complexity index is 755. The molecule has 122 valence electrons. The molecular weight excluding hydrogens is 286 g/mol. The summed E-state index contributed by atoms with van der Waals surface area (Å²) in [6.45, 7) is 8.52. The van der Waals surface area contributed by atoms with Crippen LogP contribution in [0.3, 0.4) is 0 Å². The number of imidazole rings is 1. The van der Waals surface area contributed by atoms with E-state index in [0.29, 0.717) is 5.92 Å². The molecule has 0 saturated heterocycles. The third kappa shape index (κ3) is 3.99. The van der Waals surface area contributed by atoms with E-state index in [9.17, 15) is 0 Å². The van der Waals surface area contributed by atoms with Crippen LogP contribution in [0, 0.1) is 5.92 Å². The van der Waals surface area contributed by atoms with E-state index < -0.39 is 0 Å². The summed E-state index contributed by atoms with van der Waals surface area (Å²) in [5.41, 5.74) is 3.54. The number of aryl methyl sites for hydroxylation is 1. The molecule has 0 spiro atoms. The molecule has 0 atom stereocenters. The maximum absolute atomic E-state index is 4.48. The Morgan fingerprint density at radius 2 is 2.04 bits per heavy atom. The van der Waals surface area contributed by atoms with Gasteiger partial charge in [-0.25, -0.2) is 4.98 Å². The van der Waals surface area contributed by atoms with Crippen molar-refractivity contribution in [2.75, 3.05) is 13.1 Å². The lowest BCUT2D eigenvalue weighted by atomic mass is 10.2. The second-order valence-corrected chi connectivity index (χ2v) is 6.58. The molecule has 1 aromatic carbocycles. The second-order valence-electron chi connectivity index (χ2n) is 6.58. The molecule has 5 nitrogen and oxygen atoms in total. The summed E-state index contributed by atoms with van der Waals surface area (Å²) in [5, 5.41) is 4.27. The minimum absolute atomic E-state index is 0.645. The molecule has 3 rings (SSSR count). The molecule has 0 fully saturated rings. The number of nitrogens with zero attached hydrogens (tertiary/aromatic N) is 5. The summed E-state index contributed by atoms with van der Waals surface area (Å²) in [5.74, 6) is 0.645. The van der Waals surface area contributed by atoms with Gasteiger partial charge in [-0.2, -0.15) is 5.10 Å². The number of benzene rings is 1. The molecule has 0 bridgehead atoms. The van der Waals surface area contributed by atoms with Crippen molar-refractivity contribution in [2.45, 2.75) is 26.9 Å². The minimum Gasteiger partial charge on any atom is -0.329 e. The van der Waals surface area contributed by atoms with Gasteiger partial charge in [0, 0.05) is 45.0 Å². The van der Waals surface area contributed by atoms with Crippen LogP contribution in [0.2, 0.25) is 0 Å². The zero-order chi connectivity index (χ0) is 16.2. The Balaban J connectivity index is 1.68. The van der Waals surface area contributed by atoms with Crippen molar-refractivity contribution in [1.29, 1.82) is 0 Å². The maximum atomic E-state index is 4.48. The lowest BCUT2D eigenvalue weighted by Crippen LogP contribution is -2.30. The topological polar surface area (TPSA) is 38.9 Å². The highest BCUT2D eigenvalue weighted by Crippen LogP contribution is 2.13. The van der Waals surface area contributed by atoms with Crippen molar-refractivity contribution in [2.24, 2.45) is 13.0 Å². The van der Waals surface area contributed by atoms with E-state index in [4.69, 9.17) is 0 Å². The second kappa shape index (κ2) is 6.96. The zero-order valence-corrected chi connectivity index (χ0v) is 14.2. The Kier molecular flexibility index (Phi) is 4.76. The quantitative estimate of drug-likeness (QED) is 0.673. The molecule has 0 radical (unpaired) electrons. The van der Waals surface area contributed by atoms with Crippen LogP contribution in [0.4, 0.5) is 0 Å². The van der Waals surface area contributed by atoms with Crippen molar-refractivity contribution in [3.8, 4) is 0 Å². The summed E-state index contributed by atoms with van der Waals surface area (Å²) >= 11 is 0. The van der Waals surface area contributed by atoms with Gasteiger partial charge in [0.25, 0.3) is 0 Å². The number of rotatable bonds is 7. The predicted molar refractivity (Wildman–Crippen MR) is 93.1 cm³/mol. The molecule has 0 unspecified atom stereocenters. The first-order valence-corrected chi connectivity index (χ1v) is 8.21. The van der Waals surface area contributed by atoms with Crippen LogP contribution in [0.1, 0.15) is 19.4 Å². The standard InChI is InChI=1S/C18H25N5/c1-15(2)11-22(13-16-10-20-21(3)12-16)8-9-23-14-19-17-6-4-5-7-18(17)23/h4-7,10,12,14-15H,8-9,11,13H2,1-3H3. The smallest absolute Gasteiger partial charge is 0.0958 e. The summed E-state index contributed by atoms with van der Waals surface area (Å²) in [4.78, 5) is 6.97. The van der Waals surface area contributed by atoms with Gasteiger partial charge in [0.15, 0.2) is 0 Å². The number of hydrogen-bond acceptors (Lipinski definition) is 3. The fourth-order valence-corrected chi connectivity index (χ4v) is 3.00. The average Bonchev–Trinajstić information content (AvgIpc) is 3.10. The third-order valence-corrected chi connectivity index (χ3v) is 3.97. The predicted octanol–water partition coefficient (Wildman–Crippen LogP) is 2.93. The van der Waals surface area contributed by atoms with Gasteiger partial charge in [-0.05, 0) is 18.1 Å². The van der Waals surface area contributed by atoms with Crippen molar-refractivity contribution >= 4 is 11.0 Å². The number of hydrogen-bond donors (Lipinski definition) is 0. The van der Waals surface area contributed by atoms with Gasteiger partial charge in [0.05, 0.1) is 23.6 Å². The van der Waals surface area contributed by atoms with E-state index in [0.717, 1.165) is 31.7 Å². The lowest BCUT2D eigenvalue weighted by molar-refractivity contribution is 0.228. The van der Waals surface area contributed by atoms with Crippen LogP contribution in [-0.2, 0) is 20.1 Å². The highest BCUT2D eigenvalue weighted by atomic mass is 15.2. The largest absolute Gasteiger partial charge is 0.329 e. The van der Waals surface area contributed by atoms with Gasteiger partial charge in [-0.15, -0.1) is 0 Å². The first-order chi connectivity index (χ1) is 11.1. The van der Waals surface area contributed by atoms with Gasteiger partial charge in [-0.1, -0.05) is 26.0 Å². The van der Waals surface area contributed by atoms with Gasteiger partial charge < -0.3 is 4.57 Å². The fourth-order valence-electron chi connectivity index (χ4n) is 3.00. The number of para-hydroxylation sites is 2. The molecule has 0 aliphatic rings. The van der Waals surface area contributed by atoms with E-state index in [2.05, 4.69) is 57.8 Å². The first-order valence-electron chi connectivity index (χ1n) is 8.21. The Morgan fingerprint density at radius 1 is 1.22 bits per heavy atom. The van der Waals surface area contributed by atoms with E-state index in [1.54, 1.807) is 0 Å². The molecule has 0 amide bonds. The monoisotopic (exact) mass is 311 g/mol. The van der Waals surface area contributed by atoms with Gasteiger partial charge in [0.1, 0.15) is 0 Å². The van der Waals surface area contributed by atoms with E-state index in [-0.39, 0.29) is 0 Å². The van der Waals surface area contributed by atoms with Gasteiger partial charge in [0.2, 0.25) is 0 Å². The normalized spacial score (nSPS) is 11.9. The van der Waals surface area contributed by atoms with Gasteiger partial charge in [-0.3, -0.25) is 9.58 Å². The SMILES string of the molecule is CC(C)CN(CCn1cnc2ccccc21)Cc1cnn(C)c1. The minimum atomic E-state index is 0.645. The van der Waals surface area contributed by atoms with Crippen LogP contribution in [0.5, 0.6) is 0 Å². The summed E-state index contributed by atoms with van der Waals surface area (Å²) in [7, 11) is 1.97. The van der Waals surface area contributed by atoms with Crippen molar-refractivity contribution in [3.63, 3.8) is 0 Å². The summed E-state index contributed by atoms with van der Waals surface area (Å²) < 4.78 is 4.11. The van der Waals surface area contributed by atoms with Crippen LogP contribution in [-0.4, -0.2) is 37.3 Å². The number of aromatic nitrogens is 4. The van der Waals surface area contributed by atoms with Crippen molar-refractivity contribution in [3.05, 3.63) is 48.5 Å². The molecule has 0 aliphatic heterocycles. The van der Waals surface area contributed by atoms with Gasteiger partial charge >= 0.3 is 0 Å². The van der Waals surface area contributed by atoms with Crippen molar-refractivity contribution < 1.29 is 0 Å². The summed E-state index contributed by atoms with van der Waals surface area (Å²) in [6, 6.07) is 8.30. The molecular formula is C18H25N5.